The fourth-order valence-electron chi connectivity index (χ4n) is 5.91. The van der Waals surface area contributed by atoms with Gasteiger partial charge >= 0.3 is 11.9 Å². The molecular weight excluding hydrogens is 709 g/mol. The molecule has 0 saturated heterocycles. The molecule has 4 aromatic rings. The number of benzene rings is 4. The van der Waals surface area contributed by atoms with E-state index < -0.39 is 24.1 Å². The summed E-state index contributed by atoms with van der Waals surface area (Å²) in [5.74, 6) is 11.9. The molecule has 56 heavy (non-hydrogen) atoms. The van der Waals surface area contributed by atoms with Crippen LogP contribution in [0.3, 0.4) is 0 Å². The molecule has 0 radical (unpaired) electrons. The number of carbonyl (C=O) groups excluding carboxylic acids is 1. The number of carboxylic acid groups (broad SMARTS) is 2. The number of carbonyl (C=O) groups is 3. The summed E-state index contributed by atoms with van der Waals surface area (Å²) < 4.78 is 22.2. The van der Waals surface area contributed by atoms with Gasteiger partial charge in [-0.1, -0.05) is 60.1 Å². The lowest BCUT2D eigenvalue weighted by molar-refractivity contribution is -0.150. The zero-order valence-corrected chi connectivity index (χ0v) is 31.9. The van der Waals surface area contributed by atoms with Gasteiger partial charge in [-0.15, -0.1) is 0 Å². The second-order valence-corrected chi connectivity index (χ2v) is 13.0. The lowest BCUT2D eigenvalue weighted by atomic mass is 10.0. The van der Waals surface area contributed by atoms with Gasteiger partial charge in [-0.25, -0.2) is 9.59 Å². The predicted octanol–water partition coefficient (Wildman–Crippen LogP) is 7.72. The second-order valence-electron chi connectivity index (χ2n) is 13.0. The number of fused-ring (bicyclic) bond motifs is 3. The number of ketones is 1. The Kier molecular flexibility index (Phi) is 14.4. The van der Waals surface area contributed by atoms with Crippen LogP contribution < -0.4 is 9.47 Å². The van der Waals surface area contributed by atoms with Crippen molar-refractivity contribution in [1.29, 1.82) is 0 Å². The van der Waals surface area contributed by atoms with Crippen molar-refractivity contribution in [2.24, 2.45) is 0 Å². The number of hydrogen-bond acceptors (Lipinski definition) is 7. The molecule has 0 fully saturated rings. The van der Waals surface area contributed by atoms with Crippen molar-refractivity contribution >= 4 is 17.7 Å². The molecule has 0 saturated carbocycles. The maximum atomic E-state index is 13.5. The largest absolute Gasteiger partial charge is 0.490 e. The van der Waals surface area contributed by atoms with E-state index in [1.807, 2.05) is 86.7 Å². The van der Waals surface area contributed by atoms with E-state index >= 15 is 0 Å². The zero-order chi connectivity index (χ0) is 40.0. The molecular formula is C47H44O9. The van der Waals surface area contributed by atoms with Gasteiger partial charge in [-0.2, -0.15) is 0 Å². The van der Waals surface area contributed by atoms with Gasteiger partial charge in [-0.3, -0.25) is 4.79 Å². The first-order chi connectivity index (χ1) is 27.0. The minimum atomic E-state index is -0.985. The highest BCUT2D eigenvalue weighted by Crippen LogP contribution is 2.37. The van der Waals surface area contributed by atoms with E-state index in [1.165, 1.54) is 0 Å². The van der Waals surface area contributed by atoms with Gasteiger partial charge in [0.05, 0.1) is 0 Å². The SMILES string of the molecule is CCOC(Cc1ccc(OCC=C(C)C#Cc2ccc3c(c2)C(=O)c2cc(C#CC(C)=CCOc4ccc(CC(OCC)C(=O)O)cc4)ccc2-3)cc1)C(=O)O. The Labute approximate surface area is 327 Å². The summed E-state index contributed by atoms with van der Waals surface area (Å²) in [7, 11) is 0. The minimum Gasteiger partial charge on any atom is -0.490 e. The summed E-state index contributed by atoms with van der Waals surface area (Å²) in [5.41, 5.74) is 7.74. The van der Waals surface area contributed by atoms with Gasteiger partial charge in [0.2, 0.25) is 0 Å². The first-order valence-corrected chi connectivity index (χ1v) is 18.4. The molecule has 1 aliphatic carbocycles. The maximum absolute atomic E-state index is 13.5. The predicted molar refractivity (Wildman–Crippen MR) is 214 cm³/mol. The Morgan fingerprint density at radius 3 is 1.36 bits per heavy atom. The smallest absolute Gasteiger partial charge is 0.333 e. The van der Waals surface area contributed by atoms with E-state index in [1.54, 1.807) is 38.1 Å². The molecule has 0 aliphatic heterocycles. The van der Waals surface area contributed by atoms with Crippen LogP contribution in [-0.2, 0) is 31.9 Å². The Hall–Kier alpha value is -6.39. The Bertz CT molecular complexity index is 2080. The molecule has 1 aliphatic rings. The molecule has 286 valence electrons. The first-order valence-electron chi connectivity index (χ1n) is 18.4. The fourth-order valence-corrected chi connectivity index (χ4v) is 5.91. The van der Waals surface area contributed by atoms with Crippen LogP contribution in [0.4, 0.5) is 0 Å². The maximum Gasteiger partial charge on any atom is 0.333 e. The number of allylic oxidation sites excluding steroid dienone is 2. The highest BCUT2D eigenvalue weighted by atomic mass is 16.5. The van der Waals surface area contributed by atoms with Crippen LogP contribution in [0.1, 0.15) is 65.9 Å². The minimum absolute atomic E-state index is 0.0617. The van der Waals surface area contributed by atoms with Crippen LogP contribution in [0.25, 0.3) is 11.1 Å². The van der Waals surface area contributed by atoms with E-state index in [4.69, 9.17) is 18.9 Å². The van der Waals surface area contributed by atoms with Crippen LogP contribution in [0, 0.1) is 23.7 Å². The van der Waals surface area contributed by atoms with E-state index in [0.29, 0.717) is 49.1 Å². The lowest BCUT2D eigenvalue weighted by Gasteiger charge is -2.12. The summed E-state index contributed by atoms with van der Waals surface area (Å²) in [6, 6.07) is 25.9. The molecule has 5 rings (SSSR count). The molecule has 4 aromatic carbocycles. The number of rotatable bonds is 16. The van der Waals surface area contributed by atoms with Crippen molar-refractivity contribution in [2.75, 3.05) is 26.4 Å². The van der Waals surface area contributed by atoms with Gasteiger partial charge < -0.3 is 29.2 Å². The van der Waals surface area contributed by atoms with Crippen LogP contribution in [0.2, 0.25) is 0 Å². The summed E-state index contributed by atoms with van der Waals surface area (Å²) in [6.45, 7) is 8.61. The average Bonchev–Trinajstić information content (AvgIpc) is 3.47. The number of aliphatic carboxylic acids is 2. The summed E-state index contributed by atoms with van der Waals surface area (Å²) in [4.78, 5) is 36.2. The van der Waals surface area contributed by atoms with Crippen LogP contribution in [0.5, 0.6) is 11.5 Å². The third-order valence-corrected chi connectivity index (χ3v) is 8.88. The number of hydrogen-bond donors (Lipinski definition) is 2. The van der Waals surface area contributed by atoms with Gasteiger partial charge in [0.15, 0.2) is 18.0 Å². The lowest BCUT2D eigenvalue weighted by Crippen LogP contribution is -2.26. The first kappa shape index (κ1) is 40.8. The van der Waals surface area contributed by atoms with Gasteiger partial charge in [-0.05, 0) is 122 Å². The molecule has 0 amide bonds. The summed E-state index contributed by atoms with van der Waals surface area (Å²) in [6.07, 6.45) is 2.55. The molecule has 2 N–H and O–H groups in total. The Balaban J connectivity index is 1.13. The number of carboxylic acids is 2. The zero-order valence-electron chi connectivity index (χ0n) is 31.9. The van der Waals surface area contributed by atoms with Crippen LogP contribution >= 0.6 is 0 Å². The van der Waals surface area contributed by atoms with E-state index in [-0.39, 0.29) is 18.6 Å². The van der Waals surface area contributed by atoms with Gasteiger partial charge in [0, 0.05) is 48.3 Å². The van der Waals surface area contributed by atoms with Crippen molar-refractivity contribution in [3.05, 3.63) is 142 Å². The van der Waals surface area contributed by atoms with Crippen molar-refractivity contribution in [2.45, 2.75) is 52.7 Å². The Morgan fingerprint density at radius 2 is 1.00 bits per heavy atom. The summed E-state index contributed by atoms with van der Waals surface area (Å²) in [5, 5.41) is 18.6. The van der Waals surface area contributed by atoms with Crippen LogP contribution in [-0.4, -0.2) is 66.6 Å². The second kappa shape index (κ2) is 19.8. The average molecular weight is 753 g/mol. The molecule has 9 heteroatoms. The molecule has 0 bridgehead atoms. The number of ether oxygens (including phenoxy) is 4. The van der Waals surface area contributed by atoms with E-state index in [9.17, 15) is 24.6 Å². The molecule has 9 nitrogen and oxygen atoms in total. The fraction of sp³-hybridized carbons (Fsp3) is 0.255. The van der Waals surface area contributed by atoms with Gasteiger partial charge in [0.1, 0.15) is 24.7 Å². The van der Waals surface area contributed by atoms with Crippen LogP contribution in [0.15, 0.2) is 108 Å². The monoisotopic (exact) mass is 752 g/mol. The third-order valence-electron chi connectivity index (χ3n) is 8.88. The van der Waals surface area contributed by atoms with Gasteiger partial charge in [0.25, 0.3) is 0 Å². The van der Waals surface area contributed by atoms with E-state index in [2.05, 4.69) is 23.7 Å². The summed E-state index contributed by atoms with van der Waals surface area (Å²) >= 11 is 0. The molecule has 0 heterocycles. The topological polar surface area (TPSA) is 129 Å². The highest BCUT2D eigenvalue weighted by molar-refractivity contribution is 6.22. The quantitative estimate of drug-likeness (QED) is 0.0974. The standard InChI is InChI=1S/C47H44O9/c1-5-53-43(46(49)50)29-35-11-17-37(18-12-35)55-25-23-31(3)7-9-33-15-21-39-40-22-16-34(28-42(40)45(48)41(39)27-33)10-8-32(4)24-26-56-38-19-13-36(14-20-38)30-44(47(51)52)54-6-2/h11-24,27-28,43-44H,5-6,25-26,29-30H2,1-4H3,(H,49,50)(H,51,52). The van der Waals surface area contributed by atoms with Crippen molar-refractivity contribution in [3.63, 3.8) is 0 Å². The van der Waals surface area contributed by atoms with Crippen molar-refractivity contribution in [3.8, 4) is 46.3 Å². The molecule has 2 atom stereocenters. The highest BCUT2D eigenvalue weighted by Gasteiger charge is 2.27. The molecule has 2 unspecified atom stereocenters. The molecule has 0 spiro atoms. The van der Waals surface area contributed by atoms with Crippen molar-refractivity contribution < 1.29 is 43.5 Å². The third kappa shape index (κ3) is 11.3. The molecule has 0 aromatic heterocycles. The normalized spacial score (nSPS) is 13.0. The van der Waals surface area contributed by atoms with E-state index in [0.717, 1.165) is 44.5 Å². The Morgan fingerprint density at radius 1 is 0.607 bits per heavy atom. The van der Waals surface area contributed by atoms with Crippen molar-refractivity contribution in [1.82, 2.24) is 0 Å².